The van der Waals surface area contributed by atoms with Crippen LogP contribution in [0.2, 0.25) is 0 Å². The van der Waals surface area contributed by atoms with Gasteiger partial charge in [-0.15, -0.1) is 0 Å². The number of hydrogen-bond acceptors (Lipinski definition) is 2. The van der Waals surface area contributed by atoms with Crippen LogP contribution in [0.4, 0.5) is 8.78 Å². The molecule has 1 aromatic carbocycles. The van der Waals surface area contributed by atoms with Gasteiger partial charge in [-0.2, -0.15) is 0 Å². The molecule has 0 saturated heterocycles. The molecule has 2 nitrogen and oxygen atoms in total. The van der Waals surface area contributed by atoms with Crippen LogP contribution in [0.15, 0.2) is 41.0 Å². The molecule has 18 heavy (non-hydrogen) atoms. The van der Waals surface area contributed by atoms with E-state index in [4.69, 9.17) is 4.42 Å². The third-order valence-corrected chi connectivity index (χ3v) is 2.84. The Morgan fingerprint density at radius 3 is 2.44 bits per heavy atom. The average molecular weight is 251 g/mol. The Morgan fingerprint density at radius 2 is 1.89 bits per heavy atom. The molecule has 2 aromatic rings. The Hall–Kier alpha value is -1.68. The number of nitrogens with one attached hydrogen (secondary N) is 1. The fourth-order valence-electron chi connectivity index (χ4n) is 1.96. The molecule has 1 N–H and O–H groups in total. The van der Waals surface area contributed by atoms with Crippen LogP contribution in [0.3, 0.4) is 0 Å². The number of hydrogen-bond donors (Lipinski definition) is 1. The first-order valence-corrected chi connectivity index (χ1v) is 5.82. The van der Waals surface area contributed by atoms with Gasteiger partial charge in [0.1, 0.15) is 17.4 Å². The van der Waals surface area contributed by atoms with Crippen LogP contribution >= 0.6 is 0 Å². The van der Waals surface area contributed by atoms with Crippen LogP contribution in [-0.2, 0) is 12.8 Å². The Morgan fingerprint density at radius 1 is 1.17 bits per heavy atom. The Kier molecular flexibility index (Phi) is 4.10. The first-order chi connectivity index (χ1) is 8.67. The van der Waals surface area contributed by atoms with Crippen LogP contribution in [0.5, 0.6) is 0 Å². The predicted octanol–water partition coefficient (Wildman–Crippen LogP) is 2.93. The summed E-state index contributed by atoms with van der Waals surface area (Å²) in [4.78, 5) is 0. The first kappa shape index (κ1) is 12.8. The summed E-state index contributed by atoms with van der Waals surface area (Å²) in [6.07, 6.45) is 2.84. The van der Waals surface area contributed by atoms with Crippen molar-refractivity contribution in [1.82, 2.24) is 5.32 Å². The zero-order valence-electron chi connectivity index (χ0n) is 10.1. The molecule has 0 radical (unpaired) electrons. The third kappa shape index (κ3) is 3.40. The zero-order valence-corrected chi connectivity index (χ0v) is 10.1. The predicted molar refractivity (Wildman–Crippen MR) is 65.3 cm³/mol. The highest BCUT2D eigenvalue weighted by Gasteiger charge is 2.11. The Bertz CT molecular complexity index is 476. The van der Waals surface area contributed by atoms with Crippen LogP contribution < -0.4 is 5.32 Å². The molecule has 0 bridgehead atoms. The highest BCUT2D eigenvalue weighted by molar-refractivity contribution is 5.19. The summed E-state index contributed by atoms with van der Waals surface area (Å²) in [5.74, 6) is -0.234. The van der Waals surface area contributed by atoms with Gasteiger partial charge in [-0.25, -0.2) is 8.78 Å². The van der Waals surface area contributed by atoms with Crippen molar-refractivity contribution in [3.8, 4) is 0 Å². The largest absolute Gasteiger partial charge is 0.469 e. The lowest BCUT2D eigenvalue weighted by Gasteiger charge is -2.15. The smallest absolute Gasteiger partial charge is 0.126 e. The lowest BCUT2D eigenvalue weighted by Crippen LogP contribution is -2.29. The van der Waals surface area contributed by atoms with Gasteiger partial charge in [-0.05, 0) is 43.3 Å². The minimum atomic E-state index is -0.544. The molecule has 0 amide bonds. The molecule has 1 heterocycles. The summed E-state index contributed by atoms with van der Waals surface area (Å²) in [7, 11) is 1.82. The van der Waals surface area contributed by atoms with Gasteiger partial charge in [0.15, 0.2) is 0 Å². The second kappa shape index (κ2) is 5.78. The Balaban J connectivity index is 2.05. The molecule has 1 aromatic heterocycles. The third-order valence-electron chi connectivity index (χ3n) is 2.84. The number of furan rings is 1. The lowest BCUT2D eigenvalue weighted by molar-refractivity contribution is 0.455. The molecule has 0 aliphatic heterocycles. The van der Waals surface area contributed by atoms with E-state index in [9.17, 15) is 8.78 Å². The summed E-state index contributed by atoms with van der Waals surface area (Å²) in [6.45, 7) is 0. The maximum absolute atomic E-state index is 13.1. The van der Waals surface area contributed by atoms with E-state index >= 15 is 0 Å². The van der Waals surface area contributed by atoms with Crippen LogP contribution in [0.1, 0.15) is 11.3 Å². The van der Waals surface area contributed by atoms with Crippen LogP contribution in [0.25, 0.3) is 0 Å². The number of likely N-dealkylation sites (N-methyl/N-ethyl adjacent to an activating group) is 1. The summed E-state index contributed by atoms with van der Waals surface area (Å²) >= 11 is 0. The van der Waals surface area contributed by atoms with E-state index in [1.165, 1.54) is 12.1 Å². The van der Waals surface area contributed by atoms with E-state index in [1.807, 2.05) is 19.2 Å². The fraction of sp³-hybridized carbons (Fsp3) is 0.286. The molecular formula is C14H15F2NO. The first-order valence-electron chi connectivity index (χ1n) is 5.82. The molecular weight excluding hydrogens is 236 g/mol. The molecule has 0 spiro atoms. The van der Waals surface area contributed by atoms with E-state index < -0.39 is 11.6 Å². The second-order valence-corrected chi connectivity index (χ2v) is 4.25. The van der Waals surface area contributed by atoms with E-state index in [-0.39, 0.29) is 6.04 Å². The van der Waals surface area contributed by atoms with Crippen molar-refractivity contribution in [2.75, 3.05) is 7.05 Å². The van der Waals surface area contributed by atoms with Crippen molar-refractivity contribution in [3.63, 3.8) is 0 Å². The van der Waals surface area contributed by atoms with Gasteiger partial charge in [-0.1, -0.05) is 0 Å². The van der Waals surface area contributed by atoms with Gasteiger partial charge in [0, 0.05) is 18.5 Å². The van der Waals surface area contributed by atoms with Crippen molar-refractivity contribution < 1.29 is 13.2 Å². The van der Waals surface area contributed by atoms with E-state index in [2.05, 4.69) is 5.32 Å². The van der Waals surface area contributed by atoms with E-state index in [0.29, 0.717) is 18.4 Å². The molecule has 2 rings (SSSR count). The van der Waals surface area contributed by atoms with Crippen LogP contribution in [-0.4, -0.2) is 13.1 Å². The Labute approximate surface area is 105 Å². The zero-order chi connectivity index (χ0) is 13.0. The van der Waals surface area contributed by atoms with Crippen molar-refractivity contribution in [3.05, 3.63) is 59.6 Å². The number of halogens is 2. The van der Waals surface area contributed by atoms with E-state index in [0.717, 1.165) is 11.8 Å². The van der Waals surface area contributed by atoms with Crippen molar-refractivity contribution in [2.24, 2.45) is 0 Å². The van der Waals surface area contributed by atoms with Gasteiger partial charge in [0.25, 0.3) is 0 Å². The average Bonchev–Trinajstić information content (AvgIpc) is 2.79. The van der Waals surface area contributed by atoms with Crippen LogP contribution in [0, 0.1) is 11.6 Å². The standard InChI is InChI=1S/C14H15F2NO/c1-17-13(9-14-3-2-4-18-14)7-10-5-11(15)8-12(16)6-10/h2-6,8,13,17H,7,9H2,1H3. The minimum absolute atomic E-state index is 0.0809. The lowest BCUT2D eigenvalue weighted by atomic mass is 10.0. The number of rotatable bonds is 5. The van der Waals surface area contributed by atoms with Gasteiger partial charge in [-0.3, -0.25) is 0 Å². The molecule has 1 unspecified atom stereocenters. The summed E-state index contributed by atoms with van der Waals surface area (Å²) < 4.78 is 31.4. The van der Waals surface area contributed by atoms with Gasteiger partial charge in [0.2, 0.25) is 0 Å². The molecule has 4 heteroatoms. The molecule has 0 aliphatic carbocycles. The molecule has 0 fully saturated rings. The maximum atomic E-state index is 13.1. The summed E-state index contributed by atoms with van der Waals surface area (Å²) in [5, 5.41) is 3.12. The highest BCUT2D eigenvalue weighted by Crippen LogP contribution is 2.13. The highest BCUT2D eigenvalue weighted by atomic mass is 19.1. The van der Waals surface area contributed by atoms with Gasteiger partial charge in [0.05, 0.1) is 6.26 Å². The number of benzene rings is 1. The maximum Gasteiger partial charge on any atom is 0.126 e. The fourth-order valence-corrected chi connectivity index (χ4v) is 1.96. The minimum Gasteiger partial charge on any atom is -0.469 e. The SMILES string of the molecule is CNC(Cc1cc(F)cc(F)c1)Cc1ccco1. The molecule has 96 valence electrons. The normalized spacial score (nSPS) is 12.6. The van der Waals surface area contributed by atoms with Gasteiger partial charge >= 0.3 is 0 Å². The molecule has 0 aliphatic rings. The van der Waals surface area contributed by atoms with E-state index in [1.54, 1.807) is 6.26 Å². The van der Waals surface area contributed by atoms with Crippen molar-refractivity contribution in [2.45, 2.75) is 18.9 Å². The monoisotopic (exact) mass is 251 g/mol. The van der Waals surface area contributed by atoms with Gasteiger partial charge < -0.3 is 9.73 Å². The van der Waals surface area contributed by atoms with Crippen molar-refractivity contribution >= 4 is 0 Å². The summed E-state index contributed by atoms with van der Waals surface area (Å²) in [5.41, 5.74) is 0.637. The molecule has 1 atom stereocenters. The molecule has 0 saturated carbocycles. The topological polar surface area (TPSA) is 25.2 Å². The second-order valence-electron chi connectivity index (χ2n) is 4.25. The van der Waals surface area contributed by atoms with Crippen molar-refractivity contribution in [1.29, 1.82) is 0 Å². The summed E-state index contributed by atoms with van der Waals surface area (Å²) in [6, 6.07) is 7.38. The quantitative estimate of drug-likeness (QED) is 0.883.